The second-order valence-electron chi connectivity index (χ2n) is 16.9. The van der Waals surface area contributed by atoms with Crippen LogP contribution in [0.4, 0.5) is 24.5 Å². The van der Waals surface area contributed by atoms with E-state index in [1.165, 1.54) is 17.7 Å². The summed E-state index contributed by atoms with van der Waals surface area (Å²) in [4.78, 5) is 40.4. The Labute approximate surface area is 393 Å². The second-order valence-corrected chi connectivity index (χ2v) is 16.9. The van der Waals surface area contributed by atoms with Crippen molar-refractivity contribution < 1.29 is 36.8 Å². The summed E-state index contributed by atoms with van der Waals surface area (Å²) < 4.78 is 60.7. The lowest BCUT2D eigenvalue weighted by molar-refractivity contribution is -0.140. The third-order valence-corrected chi connectivity index (χ3v) is 11.8. The van der Waals surface area contributed by atoms with E-state index in [9.17, 15) is 27.6 Å². The van der Waals surface area contributed by atoms with Gasteiger partial charge in [0.05, 0.1) is 42.8 Å². The standard InChI is InChI=1S/C51H57F3N8O6/c1-34-49(35(2)68-59-34)38-17-19-48(64)61(31-38)30-36-11-8-13-41(27-36)67-32-47(63)56-22-6-5-7-23-57-50(65)37-16-18-44(46(28-37)66-4)55-24-10-12-40-29-42-43(58-39-20-25-60(3)26-21-39)14-9-15-45(42)62(40)33-51(52,53)54/h8-9,11,13-19,27-29,31,39,55,58H,5-7,20-26,30,32-33H2,1-4H3,(H,56,63)(H,57,65). The molecule has 1 saturated heterocycles. The van der Waals surface area contributed by atoms with Crippen molar-refractivity contribution in [3.8, 4) is 34.5 Å². The molecule has 358 valence electrons. The van der Waals surface area contributed by atoms with Crippen molar-refractivity contribution in [3.05, 3.63) is 124 Å². The number of unbranched alkanes of at least 4 members (excludes halogenated alkanes) is 2. The molecule has 4 N–H and O–H groups in total. The van der Waals surface area contributed by atoms with E-state index in [4.69, 9.17) is 14.0 Å². The van der Waals surface area contributed by atoms with Gasteiger partial charge in [-0.3, -0.25) is 14.4 Å². The van der Waals surface area contributed by atoms with Crippen LogP contribution in [0.25, 0.3) is 22.0 Å². The normalized spacial score (nSPS) is 13.2. The van der Waals surface area contributed by atoms with Gasteiger partial charge in [-0.15, -0.1) is 0 Å². The van der Waals surface area contributed by atoms with Crippen LogP contribution in [0.2, 0.25) is 0 Å². The molecule has 1 aliphatic heterocycles. The van der Waals surface area contributed by atoms with Crippen molar-refractivity contribution in [2.75, 3.05) is 64.1 Å². The molecule has 6 aromatic rings. The maximum atomic E-state index is 13.8. The number of amides is 2. The maximum Gasteiger partial charge on any atom is 0.406 e. The number of piperidine rings is 1. The van der Waals surface area contributed by atoms with E-state index >= 15 is 0 Å². The predicted octanol–water partition coefficient (Wildman–Crippen LogP) is 7.76. The van der Waals surface area contributed by atoms with Crippen molar-refractivity contribution in [1.29, 1.82) is 0 Å². The number of hydrogen-bond acceptors (Lipinski definition) is 10. The van der Waals surface area contributed by atoms with Gasteiger partial charge in [-0.25, -0.2) is 0 Å². The molecular formula is C51H57F3N8O6. The Balaban J connectivity index is 0.823. The molecule has 0 atom stereocenters. The van der Waals surface area contributed by atoms with Crippen LogP contribution in [0.1, 0.15) is 65.2 Å². The Morgan fingerprint density at radius 2 is 1.71 bits per heavy atom. The van der Waals surface area contributed by atoms with E-state index in [0.717, 1.165) is 60.4 Å². The number of rotatable bonds is 19. The van der Waals surface area contributed by atoms with Crippen LogP contribution in [0.3, 0.4) is 0 Å². The maximum absolute atomic E-state index is 13.8. The Kier molecular flexibility index (Phi) is 16.2. The molecule has 68 heavy (non-hydrogen) atoms. The average Bonchev–Trinajstić information content (AvgIpc) is 3.84. The lowest BCUT2D eigenvalue weighted by Gasteiger charge is -2.30. The number of nitrogens with one attached hydrogen (secondary N) is 4. The van der Waals surface area contributed by atoms with Gasteiger partial charge in [0.1, 0.15) is 23.8 Å². The zero-order valence-corrected chi connectivity index (χ0v) is 38.7. The van der Waals surface area contributed by atoms with Gasteiger partial charge >= 0.3 is 6.18 Å². The van der Waals surface area contributed by atoms with Crippen molar-refractivity contribution >= 4 is 34.1 Å². The highest BCUT2D eigenvalue weighted by molar-refractivity contribution is 5.95. The number of pyridine rings is 1. The number of ether oxygens (including phenoxy) is 2. The highest BCUT2D eigenvalue weighted by atomic mass is 19.4. The van der Waals surface area contributed by atoms with E-state index in [2.05, 4.69) is 50.2 Å². The quantitative estimate of drug-likeness (QED) is 0.0468. The molecule has 0 spiro atoms. The molecule has 0 aliphatic carbocycles. The summed E-state index contributed by atoms with van der Waals surface area (Å²) in [5.41, 5.74) is 5.59. The molecule has 14 nitrogen and oxygen atoms in total. The molecule has 0 saturated carbocycles. The molecule has 1 fully saturated rings. The number of nitrogens with zero attached hydrogens (tertiary/aromatic N) is 4. The number of fused-ring (bicyclic) bond motifs is 1. The number of carbonyl (C=O) groups is 2. The summed E-state index contributed by atoms with van der Waals surface area (Å²) in [6.45, 7) is 5.57. The SMILES string of the molecule is COc1cc(C(=O)NCCCCCNC(=O)COc2cccc(Cn3cc(-c4c(C)noc4C)ccc3=O)c2)ccc1NCC#Cc1cc2c(NC3CCN(C)CC3)cccc2n1CC(F)(F)F. The number of halogens is 3. The number of likely N-dealkylation sites (tertiary alicyclic amines) is 1. The first-order chi connectivity index (χ1) is 32.7. The van der Waals surface area contributed by atoms with Crippen molar-refractivity contribution in [2.24, 2.45) is 0 Å². The van der Waals surface area contributed by atoms with Gasteiger partial charge in [-0.05, 0) is 132 Å². The number of anilines is 2. The molecule has 7 rings (SSSR count). The summed E-state index contributed by atoms with van der Waals surface area (Å²) in [6, 6.07) is 22.8. The monoisotopic (exact) mass is 934 g/mol. The zero-order chi connectivity index (χ0) is 48.2. The van der Waals surface area contributed by atoms with Gasteiger partial charge in [0.15, 0.2) is 6.61 Å². The first-order valence-corrected chi connectivity index (χ1v) is 22.7. The van der Waals surface area contributed by atoms with E-state index in [-0.39, 0.29) is 42.3 Å². The third-order valence-electron chi connectivity index (χ3n) is 11.8. The fourth-order valence-corrected chi connectivity index (χ4v) is 8.28. The van der Waals surface area contributed by atoms with Gasteiger partial charge < -0.3 is 49.3 Å². The summed E-state index contributed by atoms with van der Waals surface area (Å²) in [7, 11) is 3.57. The highest BCUT2D eigenvalue weighted by Gasteiger charge is 2.30. The first-order valence-electron chi connectivity index (χ1n) is 22.7. The van der Waals surface area contributed by atoms with Gasteiger partial charge in [-0.2, -0.15) is 13.2 Å². The summed E-state index contributed by atoms with van der Waals surface area (Å²) in [6.07, 6.45) is 1.41. The predicted molar refractivity (Wildman–Crippen MR) is 256 cm³/mol. The average molecular weight is 935 g/mol. The summed E-state index contributed by atoms with van der Waals surface area (Å²) in [5.74, 6) is 6.97. The fourth-order valence-electron chi connectivity index (χ4n) is 8.28. The van der Waals surface area contributed by atoms with Gasteiger partial charge in [-0.1, -0.05) is 29.3 Å². The summed E-state index contributed by atoms with van der Waals surface area (Å²) in [5, 5.41) is 17.2. The minimum atomic E-state index is -4.44. The van der Waals surface area contributed by atoms with Crippen molar-refractivity contribution in [3.63, 3.8) is 0 Å². The van der Waals surface area contributed by atoms with E-state index in [1.54, 1.807) is 65.4 Å². The van der Waals surface area contributed by atoms with Crippen LogP contribution in [0.15, 0.2) is 94.4 Å². The van der Waals surface area contributed by atoms with E-state index < -0.39 is 12.7 Å². The molecule has 0 radical (unpaired) electrons. The highest BCUT2D eigenvalue weighted by Crippen LogP contribution is 2.32. The number of hydrogen-bond donors (Lipinski definition) is 4. The number of aromatic nitrogens is 3. The Hall–Kier alpha value is -7.19. The number of methoxy groups -OCH3 is 1. The number of benzene rings is 3. The van der Waals surface area contributed by atoms with Gasteiger partial charge in [0.25, 0.3) is 17.4 Å². The van der Waals surface area contributed by atoms with Crippen LogP contribution in [-0.2, 0) is 17.9 Å². The van der Waals surface area contributed by atoms with Crippen LogP contribution in [0.5, 0.6) is 11.5 Å². The molecule has 3 aromatic carbocycles. The molecular weight excluding hydrogens is 878 g/mol. The Morgan fingerprint density at radius 1 is 0.926 bits per heavy atom. The van der Waals surface area contributed by atoms with Crippen LogP contribution < -0.4 is 36.3 Å². The number of carbonyl (C=O) groups excluding carboxylic acids is 2. The lowest BCUT2D eigenvalue weighted by Crippen LogP contribution is -2.36. The lowest BCUT2D eigenvalue weighted by atomic mass is 10.0. The summed E-state index contributed by atoms with van der Waals surface area (Å²) >= 11 is 0. The largest absolute Gasteiger partial charge is 0.495 e. The Bertz CT molecular complexity index is 2810. The first kappa shape index (κ1) is 48.7. The molecule has 1 aliphatic rings. The zero-order valence-electron chi connectivity index (χ0n) is 38.7. The van der Waals surface area contributed by atoms with Gasteiger partial charge in [0, 0.05) is 59.2 Å². The van der Waals surface area contributed by atoms with Crippen LogP contribution in [0, 0.1) is 25.7 Å². The second kappa shape index (κ2) is 22.5. The van der Waals surface area contributed by atoms with E-state index in [1.807, 2.05) is 32.0 Å². The third kappa shape index (κ3) is 13.0. The minimum Gasteiger partial charge on any atom is -0.495 e. The molecule has 0 bridgehead atoms. The van der Waals surface area contributed by atoms with Crippen molar-refractivity contribution in [1.82, 2.24) is 29.8 Å². The number of aryl methyl sites for hydroxylation is 2. The molecule has 2 amide bonds. The van der Waals surface area contributed by atoms with Gasteiger partial charge in [0.2, 0.25) is 0 Å². The fraction of sp³-hybridized carbons (Fsp3) is 0.373. The van der Waals surface area contributed by atoms with Crippen LogP contribution >= 0.6 is 0 Å². The van der Waals surface area contributed by atoms with Crippen molar-refractivity contribution in [2.45, 2.75) is 71.3 Å². The molecule has 3 aromatic heterocycles. The Morgan fingerprint density at radius 3 is 2.46 bits per heavy atom. The van der Waals surface area contributed by atoms with E-state index in [0.29, 0.717) is 71.9 Å². The topological polar surface area (TPSA) is 157 Å². The van der Waals surface area contributed by atoms with Crippen LogP contribution in [-0.4, -0.2) is 96.7 Å². The minimum absolute atomic E-state index is 0.116. The molecule has 17 heteroatoms. The number of alkyl halides is 3. The molecule has 0 unspecified atom stereocenters. The molecule has 4 heterocycles. The smallest absolute Gasteiger partial charge is 0.406 e.